The molecule has 142 valence electrons. The summed E-state index contributed by atoms with van der Waals surface area (Å²) in [6.07, 6.45) is 4.92. The van der Waals surface area contributed by atoms with Crippen LogP contribution in [0.3, 0.4) is 0 Å². The van der Waals surface area contributed by atoms with Gasteiger partial charge in [-0.1, -0.05) is 24.6 Å². The Kier molecular flexibility index (Phi) is 5.53. The van der Waals surface area contributed by atoms with Crippen LogP contribution >= 0.6 is 0 Å². The summed E-state index contributed by atoms with van der Waals surface area (Å²) in [6.45, 7) is 6.21. The average molecular weight is 366 g/mol. The highest BCUT2D eigenvalue weighted by molar-refractivity contribution is 5.67. The zero-order valence-corrected chi connectivity index (χ0v) is 15.6. The summed E-state index contributed by atoms with van der Waals surface area (Å²) >= 11 is 0. The van der Waals surface area contributed by atoms with E-state index in [2.05, 4.69) is 45.1 Å². The summed E-state index contributed by atoms with van der Waals surface area (Å²) in [5.41, 5.74) is 2.54. The Morgan fingerprint density at radius 3 is 2.48 bits per heavy atom. The summed E-state index contributed by atoms with van der Waals surface area (Å²) in [5.74, 6) is -0.305. The number of rotatable bonds is 7. The molecule has 6 nitrogen and oxygen atoms in total. The predicted molar refractivity (Wildman–Crippen MR) is 107 cm³/mol. The van der Waals surface area contributed by atoms with Gasteiger partial charge in [0, 0.05) is 44.6 Å². The number of unbranched alkanes of at least 4 members (excludes halogenated alkanes) is 2. The molecule has 1 aliphatic heterocycles. The maximum Gasteiger partial charge on any atom is 0.421 e. The molecule has 6 heteroatoms. The van der Waals surface area contributed by atoms with Gasteiger partial charge in [-0.15, -0.1) is 0 Å². The molecule has 2 aromatic heterocycles. The minimum Gasteiger partial charge on any atom is -0.406 e. The van der Waals surface area contributed by atoms with Crippen LogP contribution in [0.4, 0.5) is 5.69 Å². The number of para-hydroxylation sites is 1. The first kappa shape index (κ1) is 17.8. The quantitative estimate of drug-likeness (QED) is 0.602. The number of hydrogen-bond acceptors (Lipinski definition) is 5. The number of aromatic nitrogens is 2. The van der Waals surface area contributed by atoms with E-state index < -0.39 is 0 Å². The Morgan fingerprint density at radius 2 is 1.67 bits per heavy atom. The van der Waals surface area contributed by atoms with Crippen LogP contribution in [0.25, 0.3) is 11.2 Å². The van der Waals surface area contributed by atoms with Crippen LogP contribution in [-0.4, -0.2) is 47.2 Å². The Balaban J connectivity index is 1.18. The normalized spacial score (nSPS) is 15.5. The van der Waals surface area contributed by atoms with E-state index in [1.165, 1.54) is 5.69 Å². The molecule has 0 atom stereocenters. The topological polar surface area (TPSA) is 54.5 Å². The van der Waals surface area contributed by atoms with Gasteiger partial charge in [0.1, 0.15) is 0 Å². The van der Waals surface area contributed by atoms with E-state index in [9.17, 15) is 4.79 Å². The fourth-order valence-electron chi connectivity index (χ4n) is 3.75. The molecule has 27 heavy (non-hydrogen) atoms. The molecule has 0 unspecified atom stereocenters. The zero-order valence-electron chi connectivity index (χ0n) is 15.6. The second kappa shape index (κ2) is 8.39. The number of pyridine rings is 1. The molecule has 1 aromatic carbocycles. The van der Waals surface area contributed by atoms with Crippen molar-refractivity contribution in [3.05, 3.63) is 59.2 Å². The summed E-state index contributed by atoms with van der Waals surface area (Å²) in [4.78, 5) is 21.2. The van der Waals surface area contributed by atoms with Crippen molar-refractivity contribution >= 4 is 16.9 Å². The highest BCUT2D eigenvalue weighted by Gasteiger charge is 2.16. The molecule has 4 rings (SSSR count). The van der Waals surface area contributed by atoms with E-state index in [-0.39, 0.29) is 5.76 Å². The Bertz CT molecular complexity index is 911. The van der Waals surface area contributed by atoms with Crippen LogP contribution in [0.1, 0.15) is 19.3 Å². The SMILES string of the molecule is O=c1oc2cccnc2n1CCCCCN1CCN(c2ccccc2)CC1. The van der Waals surface area contributed by atoms with Gasteiger partial charge in [-0.25, -0.2) is 9.78 Å². The van der Waals surface area contributed by atoms with Crippen LogP contribution < -0.4 is 10.7 Å². The molecule has 3 aromatic rings. The van der Waals surface area contributed by atoms with Gasteiger partial charge in [-0.2, -0.15) is 0 Å². The van der Waals surface area contributed by atoms with E-state index in [0.717, 1.165) is 52.0 Å². The van der Waals surface area contributed by atoms with Gasteiger partial charge in [0.15, 0.2) is 11.2 Å². The van der Waals surface area contributed by atoms with E-state index in [0.29, 0.717) is 17.8 Å². The summed E-state index contributed by atoms with van der Waals surface area (Å²) < 4.78 is 6.88. The number of hydrogen-bond donors (Lipinski definition) is 0. The lowest BCUT2D eigenvalue weighted by atomic mass is 10.2. The lowest BCUT2D eigenvalue weighted by molar-refractivity contribution is 0.251. The number of fused-ring (bicyclic) bond motifs is 1. The van der Waals surface area contributed by atoms with E-state index in [4.69, 9.17) is 4.42 Å². The van der Waals surface area contributed by atoms with Crippen LogP contribution in [0.15, 0.2) is 57.9 Å². The lowest BCUT2D eigenvalue weighted by Crippen LogP contribution is -2.46. The molecule has 1 fully saturated rings. The molecule has 0 bridgehead atoms. The average Bonchev–Trinajstić information content (AvgIpc) is 3.04. The smallest absolute Gasteiger partial charge is 0.406 e. The number of piperazine rings is 1. The van der Waals surface area contributed by atoms with Crippen molar-refractivity contribution in [2.45, 2.75) is 25.8 Å². The molecule has 0 amide bonds. The van der Waals surface area contributed by atoms with E-state index in [1.807, 2.05) is 0 Å². The lowest BCUT2D eigenvalue weighted by Gasteiger charge is -2.36. The number of oxazole rings is 1. The summed E-state index contributed by atoms with van der Waals surface area (Å²) in [5, 5.41) is 0. The molecule has 0 aliphatic carbocycles. The van der Waals surface area contributed by atoms with Gasteiger partial charge in [0.2, 0.25) is 0 Å². The Labute approximate surface area is 159 Å². The maximum atomic E-state index is 11.9. The van der Waals surface area contributed by atoms with Crippen molar-refractivity contribution in [1.82, 2.24) is 14.5 Å². The molecular weight excluding hydrogens is 340 g/mol. The summed E-state index contributed by atoms with van der Waals surface area (Å²) in [7, 11) is 0. The number of benzene rings is 1. The summed E-state index contributed by atoms with van der Waals surface area (Å²) in [6, 6.07) is 14.2. The third kappa shape index (κ3) is 4.22. The molecule has 1 saturated heterocycles. The first-order valence-electron chi connectivity index (χ1n) is 9.78. The van der Waals surface area contributed by atoms with Crippen LogP contribution in [0.5, 0.6) is 0 Å². The van der Waals surface area contributed by atoms with Crippen molar-refractivity contribution in [2.24, 2.45) is 0 Å². The van der Waals surface area contributed by atoms with E-state index >= 15 is 0 Å². The second-order valence-corrected chi connectivity index (χ2v) is 7.07. The monoisotopic (exact) mass is 366 g/mol. The number of aryl methyl sites for hydroxylation is 1. The van der Waals surface area contributed by atoms with E-state index in [1.54, 1.807) is 22.9 Å². The Hall–Kier alpha value is -2.60. The number of anilines is 1. The minimum absolute atomic E-state index is 0.305. The van der Waals surface area contributed by atoms with Crippen molar-refractivity contribution in [3.63, 3.8) is 0 Å². The van der Waals surface area contributed by atoms with Crippen LogP contribution in [0.2, 0.25) is 0 Å². The molecule has 3 heterocycles. The van der Waals surface area contributed by atoms with Gasteiger partial charge in [-0.3, -0.25) is 9.47 Å². The largest absolute Gasteiger partial charge is 0.421 e. The first-order valence-corrected chi connectivity index (χ1v) is 9.78. The van der Waals surface area contributed by atoms with Gasteiger partial charge in [0.25, 0.3) is 0 Å². The molecule has 1 aliphatic rings. The van der Waals surface area contributed by atoms with Gasteiger partial charge in [-0.05, 0) is 43.7 Å². The second-order valence-electron chi connectivity index (χ2n) is 7.07. The first-order chi connectivity index (χ1) is 13.3. The molecule has 0 saturated carbocycles. The third-order valence-corrected chi connectivity index (χ3v) is 5.27. The minimum atomic E-state index is -0.305. The van der Waals surface area contributed by atoms with Gasteiger partial charge >= 0.3 is 5.76 Å². The highest BCUT2D eigenvalue weighted by Crippen LogP contribution is 2.16. The van der Waals surface area contributed by atoms with Crippen molar-refractivity contribution in [3.8, 4) is 0 Å². The standard InChI is InChI=1S/C21H26N4O2/c26-21-25(20-19(27-21)10-7-11-22-20)13-6-2-5-12-23-14-16-24(17-15-23)18-8-3-1-4-9-18/h1,3-4,7-11H,2,5-6,12-17H2. The highest BCUT2D eigenvalue weighted by atomic mass is 16.4. The van der Waals surface area contributed by atoms with Crippen LogP contribution in [0, 0.1) is 0 Å². The molecule has 0 radical (unpaired) electrons. The predicted octanol–water partition coefficient (Wildman–Crippen LogP) is 2.98. The number of nitrogens with zero attached hydrogens (tertiary/aromatic N) is 4. The fraction of sp³-hybridized carbons (Fsp3) is 0.429. The molecule has 0 N–H and O–H groups in total. The Morgan fingerprint density at radius 1 is 0.889 bits per heavy atom. The van der Waals surface area contributed by atoms with Crippen molar-refractivity contribution < 1.29 is 4.42 Å². The van der Waals surface area contributed by atoms with Gasteiger partial charge in [0.05, 0.1) is 0 Å². The van der Waals surface area contributed by atoms with Crippen LogP contribution in [-0.2, 0) is 6.54 Å². The van der Waals surface area contributed by atoms with Gasteiger partial charge < -0.3 is 9.32 Å². The molecular formula is C21H26N4O2. The maximum absolute atomic E-state index is 11.9. The van der Waals surface area contributed by atoms with Crippen molar-refractivity contribution in [1.29, 1.82) is 0 Å². The van der Waals surface area contributed by atoms with Crippen molar-refractivity contribution in [2.75, 3.05) is 37.6 Å². The zero-order chi connectivity index (χ0) is 18.5. The third-order valence-electron chi connectivity index (χ3n) is 5.27. The fourth-order valence-corrected chi connectivity index (χ4v) is 3.75. The molecule has 0 spiro atoms.